The summed E-state index contributed by atoms with van der Waals surface area (Å²) in [5.74, 6) is -1.27. The van der Waals surface area contributed by atoms with Crippen LogP contribution in [0, 0.1) is 0 Å². The number of likely N-dealkylation sites (N-methyl/N-ethyl adjacent to an activating group) is 1. The van der Waals surface area contributed by atoms with Crippen LogP contribution in [0.2, 0.25) is 0 Å². The van der Waals surface area contributed by atoms with Crippen molar-refractivity contribution in [2.75, 3.05) is 47.5 Å². The highest BCUT2D eigenvalue weighted by Crippen LogP contribution is 2.45. The van der Waals surface area contributed by atoms with Gasteiger partial charge in [-0.05, 0) is 70.6 Å². The Labute approximate surface area is 424 Å². The number of unbranched alkanes of at least 4 members (excludes halogenated alkanes) is 30. The van der Waals surface area contributed by atoms with Crippen molar-refractivity contribution in [1.29, 1.82) is 0 Å². The average Bonchev–Trinajstić information content (AvgIpc) is 3.30. The van der Waals surface area contributed by atoms with Crippen molar-refractivity contribution in [3.05, 3.63) is 24.3 Å². The fraction of sp³-hybridized carbons (Fsp3) is 0.877. The molecule has 0 spiro atoms. The average molecular weight is 999 g/mol. The number of allylic oxidation sites excluding steroid dienone is 4. The molecule has 0 aromatic rings. The van der Waals surface area contributed by atoms with Crippen molar-refractivity contribution in [2.24, 2.45) is 0 Å². The molecule has 0 radical (unpaired) electrons. The maximum Gasteiger partial charge on any atom is 0.472 e. The third-order valence-corrected chi connectivity index (χ3v) is 13.4. The van der Waals surface area contributed by atoms with Gasteiger partial charge in [0.2, 0.25) is 0 Å². The Morgan fingerprint density at radius 3 is 1.09 bits per heavy atom. The van der Waals surface area contributed by atoms with Gasteiger partial charge in [0.15, 0.2) is 12.2 Å². The van der Waals surface area contributed by atoms with E-state index in [2.05, 4.69) is 45.1 Å². The van der Waals surface area contributed by atoms with E-state index in [0.29, 0.717) is 17.3 Å². The molecular weight excluding hydrogens is 890 g/mol. The largest absolute Gasteiger partial charge is 0.472 e. The van der Waals surface area contributed by atoms with Crippen LogP contribution in [0.25, 0.3) is 0 Å². The van der Waals surface area contributed by atoms with Crippen molar-refractivity contribution in [3.63, 3.8) is 0 Å². The van der Waals surface area contributed by atoms with Gasteiger partial charge in [0.1, 0.15) is 19.8 Å². The second kappa shape index (κ2) is 48.2. The number of rotatable bonds is 52. The van der Waals surface area contributed by atoms with Crippen molar-refractivity contribution in [3.8, 4) is 0 Å². The first kappa shape index (κ1) is 67.0. The standard InChI is InChI=1S/C57H108NO10P/c1-7-10-13-16-19-22-24-26-28-30-32-35-38-41-44-47-56(60)65-51-54(67-57(61)48-45-42-39-36-33-31-29-27-25-23-20-17-14-11-8-2)52-66-69(62,63)68-53(49-58(4,5)6)50-64-55(59)46-43-40-37-34-21-18-15-12-9-3/h26-29,53-54H,7-25,30-52H2,1-6H3/p+1/b28-26-,29-27-/t53?,54-/m1/s1. The van der Waals surface area contributed by atoms with E-state index in [1.165, 1.54) is 122 Å². The molecule has 0 rings (SSSR count). The lowest BCUT2D eigenvalue weighted by molar-refractivity contribution is -0.873. The summed E-state index contributed by atoms with van der Waals surface area (Å²) in [6.07, 6.45) is 48.1. The molecule has 0 aromatic heterocycles. The highest BCUT2D eigenvalue weighted by molar-refractivity contribution is 7.47. The Kier molecular flexibility index (Phi) is 46.8. The number of carbonyl (C=O) groups excluding carboxylic acids is 3. The summed E-state index contributed by atoms with van der Waals surface area (Å²) >= 11 is 0. The molecule has 406 valence electrons. The molecule has 0 heterocycles. The first-order chi connectivity index (χ1) is 33.3. The number of carbonyl (C=O) groups is 3. The summed E-state index contributed by atoms with van der Waals surface area (Å²) in [7, 11) is 0.984. The number of quaternary nitrogens is 1. The van der Waals surface area contributed by atoms with E-state index in [-0.39, 0.29) is 45.0 Å². The van der Waals surface area contributed by atoms with Gasteiger partial charge in [-0.15, -0.1) is 0 Å². The van der Waals surface area contributed by atoms with Gasteiger partial charge in [-0.2, -0.15) is 0 Å². The van der Waals surface area contributed by atoms with Gasteiger partial charge in [-0.1, -0.05) is 199 Å². The fourth-order valence-corrected chi connectivity index (χ4v) is 9.18. The minimum atomic E-state index is -4.73. The molecule has 11 nitrogen and oxygen atoms in total. The highest BCUT2D eigenvalue weighted by atomic mass is 31.2. The van der Waals surface area contributed by atoms with Crippen LogP contribution in [0.1, 0.15) is 265 Å². The van der Waals surface area contributed by atoms with Crippen LogP contribution < -0.4 is 0 Å². The number of phosphoric ester groups is 1. The Morgan fingerprint density at radius 1 is 0.435 bits per heavy atom. The van der Waals surface area contributed by atoms with Crippen LogP contribution >= 0.6 is 7.82 Å². The Balaban J connectivity index is 5.00. The lowest BCUT2D eigenvalue weighted by atomic mass is 10.1. The molecule has 0 saturated heterocycles. The number of hydrogen-bond donors (Lipinski definition) is 1. The molecule has 0 fully saturated rings. The number of ether oxygens (including phenoxy) is 3. The molecule has 0 saturated carbocycles. The predicted molar refractivity (Wildman–Crippen MR) is 286 cm³/mol. The fourth-order valence-electron chi connectivity index (χ4n) is 8.26. The Hall–Kier alpha value is -2.04. The van der Waals surface area contributed by atoms with Crippen LogP contribution in [0.4, 0.5) is 0 Å². The van der Waals surface area contributed by atoms with E-state index in [9.17, 15) is 23.8 Å². The zero-order valence-corrected chi connectivity index (χ0v) is 46.6. The van der Waals surface area contributed by atoms with Gasteiger partial charge in [-0.25, -0.2) is 4.57 Å². The summed E-state index contributed by atoms with van der Waals surface area (Å²) in [5, 5.41) is 0. The van der Waals surface area contributed by atoms with Crippen LogP contribution in [-0.2, 0) is 42.2 Å². The molecular formula is C57H109NO10P+. The molecule has 0 bridgehead atoms. The second-order valence-corrected chi connectivity index (χ2v) is 22.1. The SMILES string of the molecule is CCCCCCCC/C=C\CCCCCCCC(=O)OC[C@H](COP(=O)(O)OC(COC(=O)CCCCCCCCCCC)C[N+](C)(C)C)OC(=O)CCCCCCC/C=C\CCCCCCCC. The Morgan fingerprint density at radius 2 is 0.739 bits per heavy atom. The van der Waals surface area contributed by atoms with E-state index in [1.54, 1.807) is 0 Å². The maximum absolute atomic E-state index is 13.3. The number of esters is 3. The first-order valence-electron chi connectivity index (χ1n) is 28.6. The minimum absolute atomic E-state index is 0.181. The molecule has 0 aromatic carbocycles. The van der Waals surface area contributed by atoms with Crippen molar-refractivity contribution >= 4 is 25.7 Å². The number of phosphoric acid groups is 1. The van der Waals surface area contributed by atoms with E-state index < -0.39 is 38.6 Å². The molecule has 2 unspecified atom stereocenters. The van der Waals surface area contributed by atoms with Crippen molar-refractivity contribution < 1.29 is 51.6 Å². The van der Waals surface area contributed by atoms with Crippen LogP contribution in [-0.4, -0.2) is 87.0 Å². The highest BCUT2D eigenvalue weighted by Gasteiger charge is 2.33. The molecule has 0 amide bonds. The first-order valence-corrected chi connectivity index (χ1v) is 30.1. The van der Waals surface area contributed by atoms with Gasteiger partial charge < -0.3 is 23.6 Å². The van der Waals surface area contributed by atoms with Crippen LogP contribution in [0.3, 0.4) is 0 Å². The van der Waals surface area contributed by atoms with Crippen LogP contribution in [0.15, 0.2) is 24.3 Å². The lowest BCUT2D eigenvalue weighted by Gasteiger charge is -2.29. The summed E-state index contributed by atoms with van der Waals surface area (Å²) < 4.78 is 41.4. The molecule has 0 aliphatic rings. The topological polar surface area (TPSA) is 135 Å². The zero-order valence-electron chi connectivity index (χ0n) is 45.7. The van der Waals surface area contributed by atoms with E-state index in [0.717, 1.165) is 89.9 Å². The molecule has 1 N–H and O–H groups in total. The van der Waals surface area contributed by atoms with Gasteiger partial charge in [0, 0.05) is 19.3 Å². The van der Waals surface area contributed by atoms with Gasteiger partial charge >= 0.3 is 25.7 Å². The molecule has 0 aliphatic heterocycles. The quantitative estimate of drug-likeness (QED) is 0.0157. The summed E-state index contributed by atoms with van der Waals surface area (Å²) in [5.41, 5.74) is 0. The third-order valence-electron chi connectivity index (χ3n) is 12.4. The second-order valence-electron chi connectivity index (χ2n) is 20.7. The molecule has 3 atom stereocenters. The molecule has 0 aliphatic carbocycles. The monoisotopic (exact) mass is 999 g/mol. The van der Waals surface area contributed by atoms with Crippen molar-refractivity contribution in [1.82, 2.24) is 0 Å². The predicted octanol–water partition coefficient (Wildman–Crippen LogP) is 16.2. The lowest BCUT2D eigenvalue weighted by Crippen LogP contribution is -2.44. The van der Waals surface area contributed by atoms with Gasteiger partial charge in [-0.3, -0.25) is 23.4 Å². The Bertz CT molecular complexity index is 1300. The van der Waals surface area contributed by atoms with Gasteiger partial charge in [0.25, 0.3) is 0 Å². The normalized spacial score (nSPS) is 13.8. The zero-order chi connectivity index (χ0) is 50.9. The number of hydrogen-bond acceptors (Lipinski definition) is 9. The van der Waals surface area contributed by atoms with E-state index in [4.69, 9.17) is 23.3 Å². The minimum Gasteiger partial charge on any atom is -0.463 e. The third kappa shape index (κ3) is 50.7. The summed E-state index contributed by atoms with van der Waals surface area (Å²) in [6.45, 7) is 5.95. The summed E-state index contributed by atoms with van der Waals surface area (Å²) in [4.78, 5) is 49.2. The van der Waals surface area contributed by atoms with Crippen molar-refractivity contribution in [2.45, 2.75) is 277 Å². The smallest absolute Gasteiger partial charge is 0.463 e. The molecule has 12 heteroatoms. The van der Waals surface area contributed by atoms with Gasteiger partial charge in [0.05, 0.1) is 27.7 Å². The van der Waals surface area contributed by atoms with E-state index >= 15 is 0 Å². The van der Waals surface area contributed by atoms with E-state index in [1.807, 2.05) is 21.1 Å². The number of nitrogens with zero attached hydrogens (tertiary/aromatic N) is 1. The summed E-state index contributed by atoms with van der Waals surface area (Å²) in [6, 6.07) is 0. The molecule has 69 heavy (non-hydrogen) atoms. The van der Waals surface area contributed by atoms with Crippen LogP contribution in [0.5, 0.6) is 0 Å². The maximum atomic E-state index is 13.3.